The van der Waals surface area contributed by atoms with Crippen LogP contribution in [0.25, 0.3) is 0 Å². The molecule has 19 heavy (non-hydrogen) atoms. The molecule has 0 spiro atoms. The van der Waals surface area contributed by atoms with Crippen molar-refractivity contribution < 1.29 is 13.2 Å². The summed E-state index contributed by atoms with van der Waals surface area (Å²) in [5, 5.41) is 2.62. The van der Waals surface area contributed by atoms with Gasteiger partial charge in [0.15, 0.2) is 0 Å². The Hall–Kier alpha value is -1.92. The molecule has 1 aromatic heterocycles. The van der Waals surface area contributed by atoms with Gasteiger partial charge >= 0.3 is 0 Å². The third-order valence-corrected chi connectivity index (χ3v) is 3.69. The van der Waals surface area contributed by atoms with Gasteiger partial charge in [-0.1, -0.05) is 0 Å². The molecule has 0 saturated carbocycles. The van der Waals surface area contributed by atoms with Crippen LogP contribution in [0.1, 0.15) is 10.4 Å². The summed E-state index contributed by atoms with van der Waals surface area (Å²) in [5.74, 6) is -0.324. The molecule has 5 nitrogen and oxygen atoms in total. The highest BCUT2D eigenvalue weighted by molar-refractivity contribution is 8.13. The molecule has 2 aromatic rings. The Bertz CT molecular complexity index is 685. The van der Waals surface area contributed by atoms with Gasteiger partial charge < -0.3 is 5.32 Å². The molecule has 1 N–H and O–H groups in total. The van der Waals surface area contributed by atoms with Crippen LogP contribution in [0.3, 0.4) is 0 Å². The molecule has 0 bridgehead atoms. The summed E-state index contributed by atoms with van der Waals surface area (Å²) < 4.78 is 22.1. The number of nitrogens with one attached hydrogen (secondary N) is 1. The number of carbonyl (C=O) groups is 1. The fourth-order valence-corrected chi connectivity index (χ4v) is 2.17. The quantitative estimate of drug-likeness (QED) is 0.882. The number of hydrogen-bond donors (Lipinski definition) is 1. The predicted molar refractivity (Wildman–Crippen MR) is 71.7 cm³/mol. The number of carbonyl (C=O) groups excluding carboxylic acids is 1. The zero-order valence-corrected chi connectivity index (χ0v) is 11.1. The van der Waals surface area contributed by atoms with Crippen LogP contribution in [0.2, 0.25) is 0 Å². The highest BCUT2D eigenvalue weighted by Crippen LogP contribution is 2.18. The van der Waals surface area contributed by atoms with E-state index in [0.717, 1.165) is 0 Å². The van der Waals surface area contributed by atoms with E-state index in [-0.39, 0.29) is 10.8 Å². The summed E-state index contributed by atoms with van der Waals surface area (Å²) in [4.78, 5) is 15.6. The van der Waals surface area contributed by atoms with Crippen molar-refractivity contribution >= 4 is 31.3 Å². The molecule has 0 fully saturated rings. The lowest BCUT2D eigenvalue weighted by Crippen LogP contribution is -2.11. The van der Waals surface area contributed by atoms with E-state index in [4.69, 9.17) is 10.7 Å². The first-order chi connectivity index (χ1) is 8.97. The molecule has 0 aliphatic rings. The van der Waals surface area contributed by atoms with Crippen LogP contribution in [-0.4, -0.2) is 19.3 Å². The minimum absolute atomic E-state index is 0.0199. The maximum atomic E-state index is 11.8. The molecule has 0 aliphatic heterocycles. The summed E-state index contributed by atoms with van der Waals surface area (Å²) in [6.45, 7) is 0. The van der Waals surface area contributed by atoms with E-state index in [9.17, 15) is 13.2 Å². The number of aromatic nitrogens is 1. The third-order valence-electron chi connectivity index (χ3n) is 2.32. The number of amides is 1. The molecule has 7 heteroatoms. The van der Waals surface area contributed by atoms with Crippen LogP contribution in [0.15, 0.2) is 53.7 Å². The largest absolute Gasteiger partial charge is 0.322 e. The summed E-state index contributed by atoms with van der Waals surface area (Å²) in [6, 6.07) is 8.84. The van der Waals surface area contributed by atoms with E-state index in [0.29, 0.717) is 11.3 Å². The van der Waals surface area contributed by atoms with Gasteiger partial charge in [-0.15, -0.1) is 0 Å². The summed E-state index contributed by atoms with van der Waals surface area (Å²) in [6.07, 6.45) is 3.00. The smallest absolute Gasteiger partial charge is 0.261 e. The van der Waals surface area contributed by atoms with E-state index >= 15 is 0 Å². The van der Waals surface area contributed by atoms with Gasteiger partial charge in [0.05, 0.1) is 10.5 Å². The molecule has 1 amide bonds. The number of hydrogen-bond acceptors (Lipinski definition) is 4. The summed E-state index contributed by atoms with van der Waals surface area (Å²) >= 11 is 0. The van der Waals surface area contributed by atoms with Crippen molar-refractivity contribution in [3.8, 4) is 0 Å². The van der Waals surface area contributed by atoms with E-state index in [1.54, 1.807) is 18.3 Å². The predicted octanol–water partition coefficient (Wildman–Crippen LogP) is 2.26. The molecule has 2 rings (SSSR count). The number of halogens is 1. The van der Waals surface area contributed by atoms with Crippen molar-refractivity contribution in [3.05, 3.63) is 54.4 Å². The second-order valence-corrected chi connectivity index (χ2v) is 6.22. The van der Waals surface area contributed by atoms with Crippen LogP contribution < -0.4 is 5.32 Å². The van der Waals surface area contributed by atoms with Crippen LogP contribution in [0, 0.1) is 0 Å². The first-order valence-electron chi connectivity index (χ1n) is 5.23. The van der Waals surface area contributed by atoms with E-state index < -0.39 is 9.05 Å². The standard InChI is InChI=1S/C12H9ClN2O3S/c13-19(17,18)11-5-3-10(4-6-11)15-12(16)9-2-1-7-14-8-9/h1-8H,(H,15,16). The Morgan fingerprint density at radius 2 is 1.84 bits per heavy atom. The van der Waals surface area contributed by atoms with Crippen molar-refractivity contribution in [2.75, 3.05) is 5.32 Å². The van der Waals surface area contributed by atoms with Gasteiger partial charge in [0, 0.05) is 28.8 Å². The maximum Gasteiger partial charge on any atom is 0.261 e. The number of anilines is 1. The number of nitrogens with zero attached hydrogens (tertiary/aromatic N) is 1. The molecular weight excluding hydrogens is 288 g/mol. The van der Waals surface area contributed by atoms with Gasteiger partial charge in [-0.3, -0.25) is 9.78 Å². The zero-order chi connectivity index (χ0) is 13.9. The highest BCUT2D eigenvalue weighted by atomic mass is 35.7. The number of rotatable bonds is 3. The molecule has 0 saturated heterocycles. The maximum absolute atomic E-state index is 11.8. The lowest BCUT2D eigenvalue weighted by molar-refractivity contribution is 0.102. The monoisotopic (exact) mass is 296 g/mol. The van der Waals surface area contributed by atoms with Gasteiger partial charge in [-0.25, -0.2) is 8.42 Å². The lowest BCUT2D eigenvalue weighted by Gasteiger charge is -2.05. The van der Waals surface area contributed by atoms with Gasteiger partial charge in [-0.2, -0.15) is 0 Å². The lowest BCUT2D eigenvalue weighted by atomic mass is 10.2. The Morgan fingerprint density at radius 3 is 2.37 bits per heavy atom. The normalized spacial score (nSPS) is 11.0. The van der Waals surface area contributed by atoms with Gasteiger partial charge in [0.2, 0.25) is 0 Å². The van der Waals surface area contributed by atoms with Gasteiger partial charge in [-0.05, 0) is 36.4 Å². The van der Waals surface area contributed by atoms with Crippen molar-refractivity contribution in [2.45, 2.75) is 4.90 Å². The van der Waals surface area contributed by atoms with E-state index in [1.807, 2.05) is 0 Å². The zero-order valence-electron chi connectivity index (χ0n) is 9.58. The fourth-order valence-electron chi connectivity index (χ4n) is 1.40. The molecule has 1 heterocycles. The number of pyridine rings is 1. The minimum Gasteiger partial charge on any atom is -0.322 e. The Kier molecular flexibility index (Phi) is 3.82. The van der Waals surface area contributed by atoms with Gasteiger partial charge in [0.1, 0.15) is 0 Å². The summed E-state index contributed by atoms with van der Waals surface area (Å²) in [5.41, 5.74) is 0.884. The number of benzene rings is 1. The first-order valence-corrected chi connectivity index (χ1v) is 7.54. The van der Waals surface area contributed by atoms with Crippen LogP contribution >= 0.6 is 10.7 Å². The van der Waals surface area contributed by atoms with Crippen molar-refractivity contribution in [3.63, 3.8) is 0 Å². The van der Waals surface area contributed by atoms with Crippen molar-refractivity contribution in [1.82, 2.24) is 4.98 Å². The first kappa shape index (κ1) is 13.5. The minimum atomic E-state index is -3.75. The fraction of sp³-hybridized carbons (Fsp3) is 0. The van der Waals surface area contributed by atoms with Crippen molar-refractivity contribution in [2.24, 2.45) is 0 Å². The van der Waals surface area contributed by atoms with E-state index in [1.165, 1.54) is 30.5 Å². The Balaban J connectivity index is 2.15. The van der Waals surface area contributed by atoms with Crippen LogP contribution in [0.5, 0.6) is 0 Å². The average molecular weight is 297 g/mol. The second kappa shape index (κ2) is 5.38. The molecule has 1 aromatic carbocycles. The average Bonchev–Trinajstić information content (AvgIpc) is 2.39. The molecule has 0 radical (unpaired) electrons. The van der Waals surface area contributed by atoms with Crippen molar-refractivity contribution in [1.29, 1.82) is 0 Å². The molecule has 0 atom stereocenters. The molecular formula is C12H9ClN2O3S. The van der Waals surface area contributed by atoms with Crippen LogP contribution in [-0.2, 0) is 9.05 Å². The Morgan fingerprint density at radius 1 is 1.16 bits per heavy atom. The van der Waals surface area contributed by atoms with Crippen LogP contribution in [0.4, 0.5) is 5.69 Å². The second-order valence-electron chi connectivity index (χ2n) is 3.66. The topological polar surface area (TPSA) is 76.1 Å². The van der Waals surface area contributed by atoms with E-state index in [2.05, 4.69) is 10.3 Å². The molecule has 98 valence electrons. The SMILES string of the molecule is O=C(Nc1ccc(S(=O)(=O)Cl)cc1)c1cccnc1. The Labute approximate surface area is 114 Å². The highest BCUT2D eigenvalue weighted by Gasteiger charge is 2.10. The van der Waals surface area contributed by atoms with Gasteiger partial charge in [0.25, 0.3) is 15.0 Å². The summed E-state index contributed by atoms with van der Waals surface area (Å²) in [7, 11) is 1.44. The molecule has 0 aliphatic carbocycles. The molecule has 0 unspecified atom stereocenters. The third kappa shape index (κ3) is 3.52.